The lowest BCUT2D eigenvalue weighted by molar-refractivity contribution is 0.201. The molecule has 6 N–H and O–H groups in total. The van der Waals surface area contributed by atoms with Crippen molar-refractivity contribution in [3.8, 4) is 0 Å². The van der Waals surface area contributed by atoms with E-state index in [4.69, 9.17) is 20.8 Å². The third kappa shape index (κ3) is 19.2. The van der Waals surface area contributed by atoms with Gasteiger partial charge in [0.25, 0.3) is 0 Å². The van der Waals surface area contributed by atoms with Crippen LogP contribution < -0.4 is 11.0 Å². The minimum Gasteiger partial charge on any atom is -0.313 e. The fourth-order valence-electron chi connectivity index (χ4n) is 2.33. The van der Waals surface area contributed by atoms with Crippen LogP contribution in [-0.4, -0.2) is 54.4 Å². The summed E-state index contributed by atoms with van der Waals surface area (Å²) < 4.78 is 55.7. The molecule has 0 heterocycles. The molecule has 0 bridgehead atoms. The minimum atomic E-state index is -3.97. The van der Waals surface area contributed by atoms with Crippen LogP contribution in [0.3, 0.4) is 0 Å². The number of hydrogen-bond acceptors (Lipinski definition) is 6. The Kier molecular flexibility index (Phi) is 13.5. The summed E-state index contributed by atoms with van der Waals surface area (Å²) in [6, 6.07) is 0. The summed E-state index contributed by atoms with van der Waals surface area (Å²) >= 11 is 0. The lowest BCUT2D eigenvalue weighted by Crippen LogP contribution is -2.22. The third-order valence-electron chi connectivity index (χ3n) is 4.66. The summed E-state index contributed by atoms with van der Waals surface area (Å²) in [5.74, 6) is 1.59. The van der Waals surface area contributed by atoms with Gasteiger partial charge in [0.2, 0.25) is 0 Å². The average Bonchev–Trinajstić information content (AvgIpc) is 2.53. The Bertz CT molecular complexity index is 608. The molecular weight excluding hydrogens is 474 g/mol. The van der Waals surface area contributed by atoms with Crippen molar-refractivity contribution in [3.63, 3.8) is 0 Å². The molecule has 0 saturated carbocycles. The molecule has 0 aromatic carbocycles. The molecule has 10 nitrogen and oxygen atoms in total. The fraction of sp³-hybridized carbons (Fsp3) is 1.00. The van der Waals surface area contributed by atoms with Crippen molar-refractivity contribution < 1.29 is 36.4 Å². The Morgan fingerprint density at radius 1 is 0.700 bits per heavy atom. The van der Waals surface area contributed by atoms with E-state index in [-0.39, 0.29) is 24.0 Å². The molecule has 0 radical (unpaired) electrons. The molecule has 0 aliphatic rings. The van der Waals surface area contributed by atoms with Crippen LogP contribution in [0.5, 0.6) is 0 Å². The zero-order valence-electron chi connectivity index (χ0n) is 18.3. The molecule has 0 aliphatic heterocycles. The zero-order chi connectivity index (χ0) is 23.6. The molecule has 0 saturated heterocycles. The van der Waals surface area contributed by atoms with Gasteiger partial charge in [-0.2, -0.15) is 0 Å². The highest BCUT2D eigenvalue weighted by molar-refractivity contribution is 7.88. The fourth-order valence-corrected chi connectivity index (χ4v) is 6.49. The predicted molar refractivity (Wildman–Crippen MR) is 122 cm³/mol. The molecule has 0 amide bonds. The van der Waals surface area contributed by atoms with E-state index in [1.165, 1.54) is 0 Å². The van der Waals surface area contributed by atoms with Crippen molar-refractivity contribution in [2.45, 2.75) is 53.4 Å². The first kappa shape index (κ1) is 30.5. The van der Waals surface area contributed by atoms with Gasteiger partial charge in [0.1, 0.15) is 0 Å². The van der Waals surface area contributed by atoms with Crippen LogP contribution in [0, 0.1) is 10.8 Å². The minimum absolute atomic E-state index is 0.0515. The molecule has 0 aliphatic carbocycles. The van der Waals surface area contributed by atoms with E-state index in [1.54, 1.807) is 0 Å². The molecule has 14 heteroatoms. The third-order valence-corrected chi connectivity index (χ3v) is 8.66. The van der Waals surface area contributed by atoms with Crippen LogP contribution in [0.25, 0.3) is 0 Å². The van der Waals surface area contributed by atoms with Gasteiger partial charge >= 0.3 is 15.5 Å². The summed E-state index contributed by atoms with van der Waals surface area (Å²) in [7, 11) is -10.2. The summed E-state index contributed by atoms with van der Waals surface area (Å²) in [6.45, 7) is 7.92. The SMILES string of the molecule is CC(C)(CCOP(N)(=O)O)CCS(=O)CCS(=O)CCC(C)(C)CCOP(N)(=O)O. The van der Waals surface area contributed by atoms with Gasteiger partial charge in [-0.3, -0.25) is 17.5 Å². The van der Waals surface area contributed by atoms with Gasteiger partial charge in [-0.1, -0.05) is 27.7 Å². The zero-order valence-corrected chi connectivity index (χ0v) is 21.7. The molecule has 0 rings (SSSR count). The lowest BCUT2D eigenvalue weighted by Gasteiger charge is -2.25. The van der Waals surface area contributed by atoms with Crippen molar-refractivity contribution in [3.05, 3.63) is 0 Å². The summed E-state index contributed by atoms with van der Waals surface area (Å²) in [5.41, 5.74) is 9.40. The largest absolute Gasteiger partial charge is 0.400 e. The van der Waals surface area contributed by atoms with Crippen LogP contribution >= 0.6 is 15.5 Å². The number of nitrogens with two attached hydrogens (primary N) is 2. The highest BCUT2D eigenvalue weighted by Crippen LogP contribution is 2.35. The van der Waals surface area contributed by atoms with Crippen molar-refractivity contribution in [2.24, 2.45) is 21.8 Å². The van der Waals surface area contributed by atoms with Crippen molar-refractivity contribution in [1.29, 1.82) is 0 Å². The van der Waals surface area contributed by atoms with Gasteiger partial charge in [-0.25, -0.2) is 20.1 Å². The Balaban J connectivity index is 4.11. The first-order valence-electron chi connectivity index (χ1n) is 9.63. The van der Waals surface area contributed by atoms with E-state index >= 15 is 0 Å². The molecular formula is C16H38N2O8P2S2. The molecule has 0 spiro atoms. The van der Waals surface area contributed by atoms with Crippen molar-refractivity contribution in [1.82, 2.24) is 0 Å². The normalized spacial score (nSPS) is 19.1. The molecule has 182 valence electrons. The molecule has 4 unspecified atom stereocenters. The molecule has 0 aromatic rings. The van der Waals surface area contributed by atoms with E-state index in [9.17, 15) is 17.5 Å². The van der Waals surface area contributed by atoms with Crippen LogP contribution in [-0.2, 0) is 39.8 Å². The van der Waals surface area contributed by atoms with Crippen LogP contribution in [0.4, 0.5) is 0 Å². The second-order valence-corrected chi connectivity index (χ2v) is 15.0. The Labute approximate surface area is 184 Å². The highest BCUT2D eigenvalue weighted by Gasteiger charge is 2.23. The Hall–Kier alpha value is 0.520. The van der Waals surface area contributed by atoms with Crippen molar-refractivity contribution in [2.75, 3.05) is 36.2 Å². The van der Waals surface area contributed by atoms with E-state index in [0.29, 0.717) is 48.7 Å². The number of hydrogen-bond donors (Lipinski definition) is 4. The average molecular weight is 513 g/mol. The summed E-state index contributed by atoms with van der Waals surface area (Å²) in [6.07, 6.45) is 2.29. The van der Waals surface area contributed by atoms with Gasteiger partial charge in [0.05, 0.1) is 13.2 Å². The molecule has 0 aromatic heterocycles. The predicted octanol–water partition coefficient (Wildman–Crippen LogP) is 2.25. The van der Waals surface area contributed by atoms with E-state index < -0.39 is 37.1 Å². The molecule has 4 atom stereocenters. The second kappa shape index (κ2) is 13.3. The van der Waals surface area contributed by atoms with E-state index in [1.807, 2.05) is 27.7 Å². The maximum absolute atomic E-state index is 12.2. The van der Waals surface area contributed by atoms with Crippen molar-refractivity contribution >= 4 is 37.1 Å². The topological polar surface area (TPSA) is 179 Å². The van der Waals surface area contributed by atoms with Crippen LogP contribution in [0.1, 0.15) is 53.4 Å². The first-order chi connectivity index (χ1) is 13.4. The van der Waals surface area contributed by atoms with Crippen LogP contribution in [0.15, 0.2) is 0 Å². The quantitative estimate of drug-likeness (QED) is 0.211. The van der Waals surface area contributed by atoms with Gasteiger partial charge in [0.15, 0.2) is 0 Å². The maximum Gasteiger partial charge on any atom is 0.400 e. The maximum atomic E-state index is 12.2. The van der Waals surface area contributed by atoms with Gasteiger partial charge in [-0.05, 0) is 36.5 Å². The standard InChI is InChI=1S/C16H38N2O8P2S2/c1-15(2,5-9-25-27(17,19)20)7-11-29(23)13-14-30(24)12-8-16(3,4)6-10-26-28(18,21)22/h5-14H2,1-4H3,(H3,17,19,20)(H3,18,21,22). The van der Waals surface area contributed by atoms with Gasteiger partial charge in [0, 0.05) is 44.6 Å². The first-order valence-corrected chi connectivity index (χ1v) is 15.9. The molecule has 30 heavy (non-hydrogen) atoms. The van der Waals surface area contributed by atoms with Crippen LogP contribution in [0.2, 0.25) is 0 Å². The second-order valence-electron chi connectivity index (χ2n) is 8.82. The Morgan fingerprint density at radius 3 is 1.27 bits per heavy atom. The van der Waals surface area contributed by atoms with E-state index in [2.05, 4.69) is 9.05 Å². The smallest absolute Gasteiger partial charge is 0.313 e. The summed E-state index contributed by atoms with van der Waals surface area (Å²) in [4.78, 5) is 17.8. The lowest BCUT2D eigenvalue weighted by atomic mass is 9.87. The number of rotatable bonds is 17. The monoisotopic (exact) mass is 512 g/mol. The summed E-state index contributed by atoms with van der Waals surface area (Å²) in [5, 5.41) is 0. The molecule has 0 fully saturated rings. The van der Waals surface area contributed by atoms with Gasteiger partial charge < -0.3 is 9.79 Å². The Morgan fingerprint density at radius 2 is 1.00 bits per heavy atom. The van der Waals surface area contributed by atoms with E-state index in [0.717, 1.165) is 0 Å². The highest BCUT2D eigenvalue weighted by atomic mass is 32.2. The van der Waals surface area contributed by atoms with Gasteiger partial charge in [-0.15, -0.1) is 0 Å².